The molecular weight excluding hydrogens is 489 g/mol. The summed E-state index contributed by atoms with van der Waals surface area (Å²) in [6, 6.07) is 10.4. The van der Waals surface area contributed by atoms with Crippen LogP contribution >= 0.6 is 23.2 Å². The molecule has 1 atom stereocenters. The third-order valence-electron chi connectivity index (χ3n) is 4.87. The summed E-state index contributed by atoms with van der Waals surface area (Å²) in [5.74, 6) is -0.373. The molecule has 33 heavy (non-hydrogen) atoms. The van der Waals surface area contributed by atoms with E-state index in [0.29, 0.717) is 33.7 Å². The summed E-state index contributed by atoms with van der Waals surface area (Å²) in [6.07, 6.45) is 1.02. The Morgan fingerprint density at radius 1 is 1.09 bits per heavy atom. The molecule has 8 nitrogen and oxygen atoms in total. The second-order valence-electron chi connectivity index (χ2n) is 7.26. The molecule has 180 valence electrons. The van der Waals surface area contributed by atoms with E-state index in [1.54, 1.807) is 49.4 Å². The van der Waals surface area contributed by atoms with Crippen LogP contribution in [0.2, 0.25) is 10.0 Å². The van der Waals surface area contributed by atoms with Gasteiger partial charge in [-0.25, -0.2) is 8.42 Å². The van der Waals surface area contributed by atoms with E-state index in [9.17, 15) is 18.0 Å². The topological polar surface area (TPSA) is 96.0 Å². The van der Waals surface area contributed by atoms with Gasteiger partial charge in [0.05, 0.1) is 28.6 Å². The summed E-state index contributed by atoms with van der Waals surface area (Å²) in [6.45, 7) is 3.41. The first kappa shape index (κ1) is 26.8. The zero-order valence-corrected chi connectivity index (χ0v) is 21.2. The van der Waals surface area contributed by atoms with Gasteiger partial charge in [0.15, 0.2) is 0 Å². The Hall–Kier alpha value is -2.49. The average molecular weight is 516 g/mol. The number of amides is 2. The number of carbonyl (C=O) groups excluding carboxylic acids is 2. The Bertz CT molecular complexity index is 1090. The summed E-state index contributed by atoms with van der Waals surface area (Å²) in [5.41, 5.74) is 0.942. The highest BCUT2D eigenvalue weighted by atomic mass is 35.5. The van der Waals surface area contributed by atoms with Crippen LogP contribution in [0, 0.1) is 0 Å². The van der Waals surface area contributed by atoms with E-state index in [0.717, 1.165) is 10.6 Å². The molecule has 2 aromatic rings. The van der Waals surface area contributed by atoms with Gasteiger partial charge < -0.3 is 15.0 Å². The van der Waals surface area contributed by atoms with Crippen molar-refractivity contribution >= 4 is 50.7 Å². The normalized spacial score (nSPS) is 12.1. The number of rotatable bonds is 10. The molecule has 0 aliphatic heterocycles. The van der Waals surface area contributed by atoms with Gasteiger partial charge in [0.25, 0.3) is 0 Å². The number of carbonyl (C=O) groups is 2. The standard InChI is InChI=1S/C22H27Cl2N3O5S/c1-5-32-18-9-7-17(8-10-18)27(33(4,30)31)14-21(28)26(15(2)22(29)25-3)13-16-6-11-19(23)20(24)12-16/h6-12,15H,5,13-14H2,1-4H3,(H,25,29)/t15-/m1/s1. The molecule has 0 spiro atoms. The second-order valence-corrected chi connectivity index (χ2v) is 9.98. The number of anilines is 1. The maximum atomic E-state index is 13.3. The summed E-state index contributed by atoms with van der Waals surface area (Å²) >= 11 is 12.1. The fourth-order valence-electron chi connectivity index (χ4n) is 3.12. The van der Waals surface area contributed by atoms with Crippen molar-refractivity contribution in [2.45, 2.75) is 26.4 Å². The van der Waals surface area contributed by atoms with Crippen molar-refractivity contribution in [3.8, 4) is 5.75 Å². The number of halogens is 2. The van der Waals surface area contributed by atoms with E-state index in [2.05, 4.69) is 5.32 Å². The first-order chi connectivity index (χ1) is 15.5. The molecule has 2 rings (SSSR count). The molecule has 0 radical (unpaired) electrons. The molecule has 0 aromatic heterocycles. The fourth-order valence-corrected chi connectivity index (χ4v) is 4.29. The van der Waals surface area contributed by atoms with E-state index < -0.39 is 34.4 Å². The minimum Gasteiger partial charge on any atom is -0.494 e. The van der Waals surface area contributed by atoms with Gasteiger partial charge in [0.1, 0.15) is 18.3 Å². The van der Waals surface area contributed by atoms with Crippen LogP contribution in [-0.2, 0) is 26.2 Å². The van der Waals surface area contributed by atoms with Crippen molar-refractivity contribution in [1.82, 2.24) is 10.2 Å². The minimum absolute atomic E-state index is 0.0329. The molecule has 0 aliphatic rings. The van der Waals surface area contributed by atoms with Gasteiger partial charge in [-0.3, -0.25) is 13.9 Å². The lowest BCUT2D eigenvalue weighted by Crippen LogP contribution is -2.50. The lowest BCUT2D eigenvalue weighted by molar-refractivity contribution is -0.139. The highest BCUT2D eigenvalue weighted by Crippen LogP contribution is 2.25. The molecule has 0 saturated carbocycles. The number of benzene rings is 2. The highest BCUT2D eigenvalue weighted by Gasteiger charge is 2.29. The van der Waals surface area contributed by atoms with E-state index in [4.69, 9.17) is 27.9 Å². The van der Waals surface area contributed by atoms with Crippen molar-refractivity contribution in [3.63, 3.8) is 0 Å². The van der Waals surface area contributed by atoms with Crippen molar-refractivity contribution in [2.24, 2.45) is 0 Å². The van der Waals surface area contributed by atoms with Crippen LogP contribution in [0.1, 0.15) is 19.4 Å². The van der Waals surface area contributed by atoms with Gasteiger partial charge in [-0.2, -0.15) is 0 Å². The van der Waals surface area contributed by atoms with Crippen LogP contribution in [0.5, 0.6) is 5.75 Å². The summed E-state index contributed by atoms with van der Waals surface area (Å²) in [4.78, 5) is 26.9. The van der Waals surface area contributed by atoms with Crippen molar-refractivity contribution < 1.29 is 22.7 Å². The molecule has 0 heterocycles. The van der Waals surface area contributed by atoms with Gasteiger partial charge in [0.2, 0.25) is 21.8 Å². The van der Waals surface area contributed by atoms with E-state index in [1.807, 2.05) is 6.92 Å². The number of nitrogens with zero attached hydrogens (tertiary/aromatic N) is 2. The molecule has 1 N–H and O–H groups in total. The third-order valence-corrected chi connectivity index (χ3v) is 6.75. The SMILES string of the molecule is CCOc1ccc(N(CC(=O)N(Cc2ccc(Cl)c(Cl)c2)[C@H](C)C(=O)NC)S(C)(=O)=O)cc1. The van der Waals surface area contributed by atoms with Crippen LogP contribution in [0.4, 0.5) is 5.69 Å². The van der Waals surface area contributed by atoms with E-state index in [1.165, 1.54) is 11.9 Å². The molecule has 0 unspecified atom stereocenters. The zero-order chi connectivity index (χ0) is 24.8. The predicted octanol–water partition coefficient (Wildman–Crippen LogP) is 3.32. The van der Waals surface area contributed by atoms with Gasteiger partial charge in [-0.1, -0.05) is 29.3 Å². The van der Waals surface area contributed by atoms with Crippen LogP contribution in [-0.4, -0.2) is 57.6 Å². The fraction of sp³-hybridized carbons (Fsp3) is 0.364. The molecular formula is C22H27Cl2N3O5S. The Morgan fingerprint density at radius 3 is 2.24 bits per heavy atom. The summed E-state index contributed by atoms with van der Waals surface area (Å²) in [5, 5.41) is 3.18. The van der Waals surface area contributed by atoms with Gasteiger partial charge >= 0.3 is 0 Å². The van der Waals surface area contributed by atoms with Crippen LogP contribution in [0.3, 0.4) is 0 Å². The molecule has 2 aromatic carbocycles. The number of likely N-dealkylation sites (N-methyl/N-ethyl adjacent to an activating group) is 1. The molecule has 0 bridgehead atoms. The Kier molecular flexibility index (Phi) is 9.39. The molecule has 0 fully saturated rings. The number of nitrogens with one attached hydrogen (secondary N) is 1. The molecule has 0 saturated heterocycles. The van der Waals surface area contributed by atoms with E-state index >= 15 is 0 Å². The average Bonchev–Trinajstić information content (AvgIpc) is 2.77. The predicted molar refractivity (Wildman–Crippen MR) is 130 cm³/mol. The zero-order valence-electron chi connectivity index (χ0n) is 18.8. The van der Waals surface area contributed by atoms with Gasteiger partial charge in [-0.15, -0.1) is 0 Å². The maximum absolute atomic E-state index is 13.3. The number of ether oxygens (including phenoxy) is 1. The second kappa shape index (κ2) is 11.6. The highest BCUT2D eigenvalue weighted by molar-refractivity contribution is 7.92. The van der Waals surface area contributed by atoms with Crippen LogP contribution in [0.25, 0.3) is 0 Å². The Labute approximate surface area is 204 Å². The largest absolute Gasteiger partial charge is 0.494 e. The molecule has 0 aliphatic carbocycles. The molecule has 11 heteroatoms. The Balaban J connectivity index is 2.37. The smallest absolute Gasteiger partial charge is 0.244 e. The number of sulfonamides is 1. The van der Waals surface area contributed by atoms with Crippen LogP contribution in [0.15, 0.2) is 42.5 Å². The van der Waals surface area contributed by atoms with Crippen molar-refractivity contribution in [2.75, 3.05) is 30.8 Å². The van der Waals surface area contributed by atoms with Gasteiger partial charge in [-0.05, 0) is 55.8 Å². The van der Waals surface area contributed by atoms with E-state index in [-0.39, 0.29) is 6.54 Å². The lowest BCUT2D eigenvalue weighted by atomic mass is 10.1. The van der Waals surface area contributed by atoms with Crippen molar-refractivity contribution in [3.05, 3.63) is 58.1 Å². The number of hydrogen-bond acceptors (Lipinski definition) is 5. The molecule has 2 amide bonds. The van der Waals surface area contributed by atoms with Crippen LogP contribution < -0.4 is 14.4 Å². The summed E-state index contributed by atoms with van der Waals surface area (Å²) in [7, 11) is -2.34. The Morgan fingerprint density at radius 2 is 1.73 bits per heavy atom. The monoisotopic (exact) mass is 515 g/mol. The third kappa shape index (κ3) is 7.25. The minimum atomic E-state index is -3.80. The maximum Gasteiger partial charge on any atom is 0.244 e. The first-order valence-electron chi connectivity index (χ1n) is 10.1. The van der Waals surface area contributed by atoms with Crippen molar-refractivity contribution in [1.29, 1.82) is 0 Å². The number of hydrogen-bond donors (Lipinski definition) is 1. The van der Waals surface area contributed by atoms with Gasteiger partial charge in [0, 0.05) is 13.6 Å². The lowest BCUT2D eigenvalue weighted by Gasteiger charge is -2.31. The summed E-state index contributed by atoms with van der Waals surface area (Å²) < 4.78 is 31.4. The quantitative estimate of drug-likeness (QED) is 0.523. The first-order valence-corrected chi connectivity index (χ1v) is 12.7.